The van der Waals surface area contributed by atoms with Gasteiger partial charge in [-0.1, -0.05) is 24.3 Å². The van der Waals surface area contributed by atoms with Crippen molar-refractivity contribution in [3.63, 3.8) is 0 Å². The Hall–Kier alpha value is -2.14. The van der Waals surface area contributed by atoms with Gasteiger partial charge >= 0.3 is 0 Å². The molecule has 0 saturated carbocycles. The van der Waals surface area contributed by atoms with Gasteiger partial charge in [0.1, 0.15) is 5.75 Å². The van der Waals surface area contributed by atoms with E-state index in [4.69, 9.17) is 10.5 Å². The summed E-state index contributed by atoms with van der Waals surface area (Å²) in [5.74, 6) is 0.490. The Kier molecular flexibility index (Phi) is 4.90. The molecule has 0 fully saturated rings. The van der Waals surface area contributed by atoms with Crippen molar-refractivity contribution in [2.75, 3.05) is 13.2 Å². The van der Waals surface area contributed by atoms with Crippen molar-refractivity contribution < 1.29 is 4.74 Å². The minimum absolute atomic E-state index is 0.168. The second-order valence-corrected chi connectivity index (χ2v) is 4.60. The fraction of sp³-hybridized carbons (Fsp3) is 0.333. The van der Waals surface area contributed by atoms with E-state index in [1.54, 1.807) is 6.20 Å². The fourth-order valence-corrected chi connectivity index (χ4v) is 1.84. The van der Waals surface area contributed by atoms with Gasteiger partial charge in [-0.05, 0) is 31.0 Å². The molecule has 0 amide bonds. The molecule has 1 heterocycles. The van der Waals surface area contributed by atoms with Crippen LogP contribution in [-0.4, -0.2) is 22.9 Å². The van der Waals surface area contributed by atoms with Crippen molar-refractivity contribution in [1.82, 2.24) is 9.78 Å². The maximum atomic E-state index is 12.0. The highest BCUT2D eigenvalue weighted by molar-refractivity contribution is 5.25. The van der Waals surface area contributed by atoms with Crippen molar-refractivity contribution in [2.45, 2.75) is 19.9 Å². The highest BCUT2D eigenvalue weighted by Crippen LogP contribution is 2.09. The average molecular weight is 273 g/mol. The molecule has 5 heteroatoms. The molecule has 0 spiro atoms. The quantitative estimate of drug-likeness (QED) is 0.806. The van der Waals surface area contributed by atoms with Crippen LogP contribution in [0.4, 0.5) is 0 Å². The first-order valence-electron chi connectivity index (χ1n) is 6.65. The third kappa shape index (κ3) is 3.68. The van der Waals surface area contributed by atoms with Crippen molar-refractivity contribution >= 4 is 0 Å². The highest BCUT2D eigenvalue weighted by atomic mass is 16.5. The molecule has 2 rings (SSSR count). The van der Waals surface area contributed by atoms with Gasteiger partial charge in [-0.2, -0.15) is 5.10 Å². The smallest absolute Gasteiger partial charge is 0.270 e. The van der Waals surface area contributed by atoms with Crippen molar-refractivity contribution in [3.05, 3.63) is 58.0 Å². The molecule has 0 aliphatic carbocycles. The number of rotatable bonds is 6. The van der Waals surface area contributed by atoms with Gasteiger partial charge < -0.3 is 10.5 Å². The van der Waals surface area contributed by atoms with Crippen LogP contribution in [0.2, 0.25) is 0 Å². The average Bonchev–Trinajstić information content (AvgIpc) is 2.44. The van der Waals surface area contributed by atoms with Gasteiger partial charge in [0.15, 0.2) is 0 Å². The topological polar surface area (TPSA) is 70.1 Å². The molecule has 0 bridgehead atoms. The van der Waals surface area contributed by atoms with Crippen LogP contribution in [0.1, 0.15) is 17.5 Å². The van der Waals surface area contributed by atoms with E-state index < -0.39 is 0 Å². The fourth-order valence-electron chi connectivity index (χ4n) is 1.84. The number of benzene rings is 1. The van der Waals surface area contributed by atoms with Crippen LogP contribution < -0.4 is 16.0 Å². The summed E-state index contributed by atoms with van der Waals surface area (Å²) in [5, 5.41) is 4.14. The van der Waals surface area contributed by atoms with Crippen LogP contribution >= 0.6 is 0 Å². The zero-order valence-corrected chi connectivity index (χ0v) is 11.6. The molecule has 0 aliphatic heterocycles. The van der Waals surface area contributed by atoms with E-state index in [-0.39, 0.29) is 5.56 Å². The van der Waals surface area contributed by atoms with Gasteiger partial charge in [0.2, 0.25) is 0 Å². The lowest BCUT2D eigenvalue weighted by Crippen LogP contribution is -2.23. The van der Waals surface area contributed by atoms with Gasteiger partial charge in [-0.3, -0.25) is 4.79 Å². The van der Waals surface area contributed by atoms with Gasteiger partial charge in [0, 0.05) is 6.07 Å². The maximum absolute atomic E-state index is 12.0. The summed E-state index contributed by atoms with van der Waals surface area (Å²) in [4.78, 5) is 12.0. The molecule has 1 aromatic carbocycles. The van der Waals surface area contributed by atoms with E-state index >= 15 is 0 Å². The number of nitrogens with two attached hydrogens (primary N) is 1. The Morgan fingerprint density at radius 3 is 2.85 bits per heavy atom. The molecule has 2 N–H and O–H groups in total. The lowest BCUT2D eigenvalue weighted by atomic mass is 10.1. The molecular formula is C15H19N3O2. The third-order valence-corrected chi connectivity index (χ3v) is 3.04. The van der Waals surface area contributed by atoms with Gasteiger partial charge in [0.05, 0.1) is 19.3 Å². The first-order valence-corrected chi connectivity index (χ1v) is 6.65. The van der Waals surface area contributed by atoms with Crippen molar-refractivity contribution in [3.8, 4) is 5.75 Å². The zero-order valence-electron chi connectivity index (χ0n) is 11.6. The monoisotopic (exact) mass is 273 g/mol. The molecule has 0 atom stereocenters. The van der Waals surface area contributed by atoms with Crippen LogP contribution in [0.5, 0.6) is 5.75 Å². The van der Waals surface area contributed by atoms with E-state index in [9.17, 15) is 4.79 Å². The summed E-state index contributed by atoms with van der Waals surface area (Å²) < 4.78 is 6.83. The minimum Gasteiger partial charge on any atom is -0.492 e. The lowest BCUT2D eigenvalue weighted by Gasteiger charge is -2.09. The van der Waals surface area contributed by atoms with E-state index in [0.717, 1.165) is 17.5 Å². The van der Waals surface area contributed by atoms with Crippen LogP contribution in [0, 0.1) is 6.92 Å². The van der Waals surface area contributed by atoms with E-state index in [1.807, 2.05) is 31.2 Å². The Bertz CT molecular complexity index is 623. The standard InChI is InChI=1S/C15H19N3O2/c1-12-5-2-3-6-13(12)11-18-15(19)9-14(10-17-18)20-8-4-7-16/h2-3,5-6,9-10H,4,7-8,11,16H2,1H3. The number of hydrogen-bond donors (Lipinski definition) is 1. The predicted molar refractivity (Wildman–Crippen MR) is 77.9 cm³/mol. The molecule has 0 saturated heterocycles. The summed E-state index contributed by atoms with van der Waals surface area (Å²) >= 11 is 0. The van der Waals surface area contributed by atoms with Crippen LogP contribution in [0.3, 0.4) is 0 Å². The Morgan fingerprint density at radius 2 is 2.15 bits per heavy atom. The van der Waals surface area contributed by atoms with E-state index in [1.165, 1.54) is 10.7 Å². The Balaban J connectivity index is 2.10. The Labute approximate surface area is 118 Å². The summed E-state index contributed by atoms with van der Waals surface area (Å²) in [5.41, 5.74) is 7.44. The normalized spacial score (nSPS) is 10.5. The molecule has 0 aliphatic rings. The largest absolute Gasteiger partial charge is 0.492 e. The van der Waals surface area contributed by atoms with Crippen LogP contribution in [-0.2, 0) is 6.54 Å². The van der Waals surface area contributed by atoms with Crippen LogP contribution in [0.15, 0.2) is 41.3 Å². The van der Waals surface area contributed by atoms with Crippen LogP contribution in [0.25, 0.3) is 0 Å². The number of nitrogens with zero attached hydrogens (tertiary/aromatic N) is 2. The van der Waals surface area contributed by atoms with Crippen molar-refractivity contribution in [1.29, 1.82) is 0 Å². The molecule has 106 valence electrons. The minimum atomic E-state index is -0.168. The molecular weight excluding hydrogens is 254 g/mol. The number of aryl methyl sites for hydroxylation is 1. The summed E-state index contributed by atoms with van der Waals surface area (Å²) in [6.45, 7) is 3.55. The number of hydrogen-bond acceptors (Lipinski definition) is 4. The third-order valence-electron chi connectivity index (χ3n) is 3.04. The molecule has 0 unspecified atom stereocenters. The molecule has 2 aromatic rings. The number of ether oxygens (including phenoxy) is 1. The number of aromatic nitrogens is 2. The maximum Gasteiger partial charge on any atom is 0.270 e. The second-order valence-electron chi connectivity index (χ2n) is 4.60. The zero-order chi connectivity index (χ0) is 14.4. The molecule has 20 heavy (non-hydrogen) atoms. The van der Waals surface area contributed by atoms with E-state index in [0.29, 0.717) is 25.4 Å². The molecule has 0 radical (unpaired) electrons. The van der Waals surface area contributed by atoms with Gasteiger partial charge in [0.25, 0.3) is 5.56 Å². The molecule has 5 nitrogen and oxygen atoms in total. The SMILES string of the molecule is Cc1ccccc1Cn1ncc(OCCCN)cc1=O. The predicted octanol–water partition coefficient (Wildman–Crippen LogP) is 1.33. The molecule has 1 aromatic heterocycles. The van der Waals surface area contributed by atoms with Gasteiger partial charge in [-0.15, -0.1) is 0 Å². The highest BCUT2D eigenvalue weighted by Gasteiger charge is 2.04. The summed E-state index contributed by atoms with van der Waals surface area (Å²) in [6.07, 6.45) is 2.32. The van der Waals surface area contributed by atoms with Gasteiger partial charge in [-0.25, -0.2) is 4.68 Å². The van der Waals surface area contributed by atoms with E-state index in [2.05, 4.69) is 5.10 Å². The Morgan fingerprint density at radius 1 is 1.35 bits per heavy atom. The first kappa shape index (κ1) is 14.3. The summed E-state index contributed by atoms with van der Waals surface area (Å²) in [6, 6.07) is 9.41. The second kappa shape index (κ2) is 6.86. The van der Waals surface area contributed by atoms with Crippen molar-refractivity contribution in [2.24, 2.45) is 5.73 Å². The summed E-state index contributed by atoms with van der Waals surface area (Å²) in [7, 11) is 0. The first-order chi connectivity index (χ1) is 9.70. The lowest BCUT2D eigenvalue weighted by molar-refractivity contribution is 0.309.